The molecular weight excluding hydrogens is 265 g/mol. The van der Waals surface area contributed by atoms with Gasteiger partial charge in [0.15, 0.2) is 0 Å². The first-order valence-electron chi connectivity index (χ1n) is 4.84. The molecule has 1 rings (SSSR count). The smallest absolute Gasteiger partial charge is 0.326 e. The number of carboxylic acid groups (broad SMARTS) is 1. The van der Waals surface area contributed by atoms with Crippen LogP contribution in [0.25, 0.3) is 0 Å². The van der Waals surface area contributed by atoms with Gasteiger partial charge in [-0.1, -0.05) is 35.3 Å². The summed E-state index contributed by atoms with van der Waals surface area (Å²) < 4.78 is 0. The van der Waals surface area contributed by atoms with Crippen molar-refractivity contribution in [1.82, 2.24) is 5.32 Å². The lowest BCUT2D eigenvalue weighted by atomic mass is 10.1. The second-order valence-corrected chi connectivity index (χ2v) is 4.29. The predicted molar refractivity (Wildman–Crippen MR) is 65.4 cm³/mol. The van der Waals surface area contributed by atoms with Crippen LogP contribution in [-0.2, 0) is 16.0 Å². The van der Waals surface area contributed by atoms with E-state index in [9.17, 15) is 9.59 Å². The van der Waals surface area contributed by atoms with E-state index in [1.165, 1.54) is 6.92 Å². The molecular formula is C11H11Cl2NO3. The number of amides is 1. The molecule has 17 heavy (non-hydrogen) atoms. The Kier molecular flexibility index (Phi) is 4.78. The second-order valence-electron chi connectivity index (χ2n) is 3.51. The van der Waals surface area contributed by atoms with Crippen molar-refractivity contribution in [2.75, 3.05) is 0 Å². The normalized spacial score (nSPS) is 11.9. The summed E-state index contributed by atoms with van der Waals surface area (Å²) in [6.07, 6.45) is 0.0916. The van der Waals surface area contributed by atoms with Gasteiger partial charge < -0.3 is 10.4 Å². The van der Waals surface area contributed by atoms with Gasteiger partial charge in [-0.15, -0.1) is 0 Å². The van der Waals surface area contributed by atoms with Gasteiger partial charge in [-0.05, 0) is 11.6 Å². The largest absolute Gasteiger partial charge is 0.480 e. The molecule has 0 aliphatic rings. The van der Waals surface area contributed by atoms with E-state index in [0.717, 1.165) is 0 Å². The monoisotopic (exact) mass is 275 g/mol. The quantitative estimate of drug-likeness (QED) is 0.885. The average Bonchev–Trinajstić information content (AvgIpc) is 2.22. The molecule has 0 bridgehead atoms. The minimum atomic E-state index is -1.11. The van der Waals surface area contributed by atoms with Crippen molar-refractivity contribution in [3.8, 4) is 0 Å². The maximum Gasteiger partial charge on any atom is 0.326 e. The molecule has 1 unspecified atom stereocenters. The van der Waals surface area contributed by atoms with Gasteiger partial charge in [-0.2, -0.15) is 0 Å². The molecule has 0 saturated heterocycles. The number of hydrogen-bond donors (Lipinski definition) is 2. The summed E-state index contributed by atoms with van der Waals surface area (Å²) in [5.41, 5.74) is 0.584. The Bertz CT molecular complexity index is 448. The molecule has 0 aliphatic heterocycles. The van der Waals surface area contributed by atoms with Gasteiger partial charge in [-0.25, -0.2) is 4.79 Å². The highest BCUT2D eigenvalue weighted by atomic mass is 35.5. The third-order valence-electron chi connectivity index (χ3n) is 2.13. The Hall–Kier alpha value is -1.26. The van der Waals surface area contributed by atoms with Crippen LogP contribution >= 0.6 is 23.2 Å². The Morgan fingerprint density at radius 2 is 2.06 bits per heavy atom. The third-order valence-corrected chi connectivity index (χ3v) is 2.99. The van der Waals surface area contributed by atoms with E-state index < -0.39 is 17.9 Å². The van der Waals surface area contributed by atoms with Crippen LogP contribution in [0, 0.1) is 0 Å². The summed E-state index contributed by atoms with van der Waals surface area (Å²) in [5, 5.41) is 12.0. The van der Waals surface area contributed by atoms with Gasteiger partial charge >= 0.3 is 5.97 Å². The van der Waals surface area contributed by atoms with Crippen LogP contribution < -0.4 is 5.32 Å². The molecule has 0 heterocycles. The number of carbonyl (C=O) groups is 2. The SMILES string of the molecule is CC(=O)NC(Cc1cccc(Cl)c1Cl)C(=O)O. The Balaban J connectivity index is 2.90. The van der Waals surface area contributed by atoms with Gasteiger partial charge in [0.2, 0.25) is 5.91 Å². The summed E-state index contributed by atoms with van der Waals surface area (Å²) in [4.78, 5) is 21.8. The third kappa shape index (κ3) is 3.91. The molecule has 0 aliphatic carbocycles. The van der Waals surface area contributed by atoms with Crippen molar-refractivity contribution in [3.05, 3.63) is 33.8 Å². The first-order valence-corrected chi connectivity index (χ1v) is 5.60. The molecule has 6 heteroatoms. The number of benzene rings is 1. The fraction of sp³-hybridized carbons (Fsp3) is 0.273. The number of aliphatic carboxylic acids is 1. The van der Waals surface area contributed by atoms with Crippen LogP contribution in [0.1, 0.15) is 12.5 Å². The second kappa shape index (κ2) is 5.89. The highest BCUT2D eigenvalue weighted by molar-refractivity contribution is 6.42. The predicted octanol–water partition coefficient (Wildman–Crippen LogP) is 2.13. The number of hydrogen-bond acceptors (Lipinski definition) is 2. The van der Waals surface area contributed by atoms with Gasteiger partial charge in [0.1, 0.15) is 6.04 Å². The molecule has 2 N–H and O–H groups in total. The molecule has 1 amide bonds. The van der Waals surface area contributed by atoms with E-state index in [0.29, 0.717) is 15.6 Å². The first kappa shape index (κ1) is 13.8. The van der Waals surface area contributed by atoms with E-state index in [-0.39, 0.29) is 6.42 Å². The fourth-order valence-corrected chi connectivity index (χ4v) is 1.77. The Morgan fingerprint density at radius 1 is 1.41 bits per heavy atom. The van der Waals surface area contributed by atoms with Crippen LogP contribution in [0.5, 0.6) is 0 Å². The summed E-state index contributed by atoms with van der Waals surface area (Å²) in [5.74, 6) is -1.52. The van der Waals surface area contributed by atoms with Gasteiger partial charge in [-0.3, -0.25) is 4.79 Å². The minimum Gasteiger partial charge on any atom is -0.480 e. The maximum absolute atomic E-state index is 10.9. The average molecular weight is 276 g/mol. The zero-order chi connectivity index (χ0) is 13.0. The molecule has 0 fully saturated rings. The van der Waals surface area contributed by atoms with Crippen molar-refractivity contribution in [2.24, 2.45) is 0 Å². The lowest BCUT2D eigenvalue weighted by Gasteiger charge is -2.14. The van der Waals surface area contributed by atoms with E-state index in [1.807, 2.05) is 0 Å². The minimum absolute atomic E-state index is 0.0916. The van der Waals surface area contributed by atoms with Gasteiger partial charge in [0.25, 0.3) is 0 Å². The van der Waals surface area contributed by atoms with E-state index >= 15 is 0 Å². The number of nitrogens with one attached hydrogen (secondary N) is 1. The molecule has 0 saturated carbocycles. The summed E-state index contributed by atoms with van der Waals surface area (Å²) in [7, 11) is 0. The molecule has 1 atom stereocenters. The number of halogens is 2. The van der Waals surface area contributed by atoms with Crippen LogP contribution in [0.4, 0.5) is 0 Å². The fourth-order valence-electron chi connectivity index (χ4n) is 1.37. The van der Waals surface area contributed by atoms with Crippen LogP contribution in [0.3, 0.4) is 0 Å². The van der Waals surface area contributed by atoms with Crippen LogP contribution in [0.15, 0.2) is 18.2 Å². The summed E-state index contributed by atoms with van der Waals surface area (Å²) in [6, 6.07) is 3.95. The molecule has 4 nitrogen and oxygen atoms in total. The van der Waals surface area contributed by atoms with Crippen LogP contribution in [0.2, 0.25) is 10.0 Å². The Morgan fingerprint density at radius 3 is 2.59 bits per heavy atom. The molecule has 0 spiro atoms. The van der Waals surface area contributed by atoms with E-state index in [2.05, 4.69) is 5.32 Å². The maximum atomic E-state index is 10.9. The zero-order valence-electron chi connectivity index (χ0n) is 9.04. The molecule has 92 valence electrons. The first-order chi connectivity index (χ1) is 7.91. The van der Waals surface area contributed by atoms with Crippen molar-refractivity contribution >= 4 is 35.1 Å². The van der Waals surface area contributed by atoms with Crippen molar-refractivity contribution < 1.29 is 14.7 Å². The van der Waals surface area contributed by atoms with Crippen LogP contribution in [-0.4, -0.2) is 23.0 Å². The van der Waals surface area contributed by atoms with Gasteiger partial charge in [0.05, 0.1) is 10.0 Å². The number of rotatable bonds is 4. The standard InChI is InChI=1S/C11H11Cl2NO3/c1-6(15)14-9(11(16)17)5-7-3-2-4-8(12)10(7)13/h2-4,9H,5H2,1H3,(H,14,15)(H,16,17). The number of carbonyl (C=O) groups excluding carboxylic acids is 1. The Labute approximate surface area is 109 Å². The van der Waals surface area contributed by atoms with Crippen molar-refractivity contribution in [1.29, 1.82) is 0 Å². The zero-order valence-corrected chi connectivity index (χ0v) is 10.5. The lowest BCUT2D eigenvalue weighted by molar-refractivity contribution is -0.141. The molecule has 0 radical (unpaired) electrons. The summed E-state index contributed by atoms with van der Waals surface area (Å²) in [6.45, 7) is 1.26. The van der Waals surface area contributed by atoms with E-state index in [1.54, 1.807) is 18.2 Å². The van der Waals surface area contributed by atoms with Gasteiger partial charge in [0, 0.05) is 13.3 Å². The molecule has 0 aromatic heterocycles. The van der Waals surface area contributed by atoms with E-state index in [4.69, 9.17) is 28.3 Å². The lowest BCUT2D eigenvalue weighted by Crippen LogP contribution is -2.41. The number of carboxylic acids is 1. The van der Waals surface area contributed by atoms with Crippen molar-refractivity contribution in [3.63, 3.8) is 0 Å². The highest BCUT2D eigenvalue weighted by Crippen LogP contribution is 2.26. The topological polar surface area (TPSA) is 66.4 Å². The van der Waals surface area contributed by atoms with Crippen molar-refractivity contribution in [2.45, 2.75) is 19.4 Å². The highest BCUT2D eigenvalue weighted by Gasteiger charge is 2.20. The summed E-state index contributed by atoms with van der Waals surface area (Å²) >= 11 is 11.8. The molecule has 1 aromatic rings. The molecule has 1 aromatic carbocycles.